The van der Waals surface area contributed by atoms with Crippen LogP contribution in [0.25, 0.3) is 0 Å². The van der Waals surface area contributed by atoms with Gasteiger partial charge >= 0.3 is 0 Å². The van der Waals surface area contributed by atoms with E-state index in [4.69, 9.17) is 14.2 Å². The summed E-state index contributed by atoms with van der Waals surface area (Å²) in [6.45, 7) is 6.32. The van der Waals surface area contributed by atoms with E-state index in [-0.39, 0.29) is 30.1 Å². The lowest BCUT2D eigenvalue weighted by Crippen LogP contribution is -2.37. The minimum absolute atomic E-state index is 0. The zero-order valence-corrected chi connectivity index (χ0v) is 17.3. The Kier molecular flexibility index (Phi) is 11.5. The molecule has 0 radical (unpaired) electrons. The van der Waals surface area contributed by atoms with Crippen LogP contribution in [0.15, 0.2) is 23.3 Å². The number of aromatic nitrogens is 1. The SMILES string of the molecule is CCOc1cc(CNC(=NC)NCCCOC2CCOC2)ccn1.I. The van der Waals surface area contributed by atoms with Crippen molar-refractivity contribution in [2.45, 2.75) is 32.4 Å². The zero-order valence-electron chi connectivity index (χ0n) is 15.0. The van der Waals surface area contributed by atoms with E-state index in [2.05, 4.69) is 20.6 Å². The highest BCUT2D eigenvalue weighted by atomic mass is 127. The monoisotopic (exact) mass is 464 g/mol. The van der Waals surface area contributed by atoms with Gasteiger partial charge in [0, 0.05) is 45.6 Å². The van der Waals surface area contributed by atoms with Crippen LogP contribution in [-0.2, 0) is 16.0 Å². The molecule has 0 aromatic carbocycles. The average molecular weight is 464 g/mol. The predicted molar refractivity (Wildman–Crippen MR) is 109 cm³/mol. The Hall–Kier alpha value is -1.13. The minimum atomic E-state index is 0. The molecule has 0 saturated carbocycles. The van der Waals surface area contributed by atoms with Crippen LogP contribution >= 0.6 is 24.0 Å². The van der Waals surface area contributed by atoms with Crippen LogP contribution in [0.5, 0.6) is 5.88 Å². The molecule has 0 amide bonds. The molecule has 7 nitrogen and oxygen atoms in total. The molecule has 2 heterocycles. The van der Waals surface area contributed by atoms with Crippen molar-refractivity contribution in [2.24, 2.45) is 4.99 Å². The Labute approximate surface area is 167 Å². The number of hydrogen-bond donors (Lipinski definition) is 2. The van der Waals surface area contributed by atoms with Gasteiger partial charge in [0.15, 0.2) is 5.96 Å². The molecule has 1 aliphatic rings. The number of nitrogens with zero attached hydrogens (tertiary/aromatic N) is 2. The van der Waals surface area contributed by atoms with Crippen molar-refractivity contribution in [3.05, 3.63) is 23.9 Å². The van der Waals surface area contributed by atoms with E-state index in [1.807, 2.05) is 19.1 Å². The average Bonchev–Trinajstić information content (AvgIpc) is 3.11. The third-order valence-electron chi connectivity index (χ3n) is 3.63. The van der Waals surface area contributed by atoms with Crippen LogP contribution in [0.3, 0.4) is 0 Å². The van der Waals surface area contributed by atoms with Crippen LogP contribution in [-0.4, -0.2) is 57.1 Å². The molecule has 0 aliphatic carbocycles. The van der Waals surface area contributed by atoms with E-state index in [9.17, 15) is 0 Å². The summed E-state index contributed by atoms with van der Waals surface area (Å²) in [5, 5.41) is 6.57. The van der Waals surface area contributed by atoms with Gasteiger partial charge in [0.25, 0.3) is 0 Å². The molecule has 1 saturated heterocycles. The number of rotatable bonds is 9. The zero-order chi connectivity index (χ0) is 17.0. The Morgan fingerprint density at radius 3 is 3.04 bits per heavy atom. The molecule has 25 heavy (non-hydrogen) atoms. The lowest BCUT2D eigenvalue weighted by atomic mass is 10.2. The Morgan fingerprint density at radius 2 is 2.32 bits per heavy atom. The molecule has 142 valence electrons. The molecular weight excluding hydrogens is 435 g/mol. The van der Waals surface area contributed by atoms with Gasteiger partial charge in [0.1, 0.15) is 0 Å². The fraction of sp³-hybridized carbons (Fsp3) is 0.647. The number of ether oxygens (including phenoxy) is 3. The second-order valence-electron chi connectivity index (χ2n) is 5.50. The highest BCUT2D eigenvalue weighted by molar-refractivity contribution is 14.0. The Balaban J connectivity index is 0.00000312. The summed E-state index contributed by atoms with van der Waals surface area (Å²) in [7, 11) is 1.76. The summed E-state index contributed by atoms with van der Waals surface area (Å²) in [4.78, 5) is 8.38. The van der Waals surface area contributed by atoms with Gasteiger partial charge in [0.2, 0.25) is 5.88 Å². The molecule has 1 unspecified atom stereocenters. The van der Waals surface area contributed by atoms with E-state index in [1.165, 1.54) is 0 Å². The minimum Gasteiger partial charge on any atom is -0.478 e. The predicted octanol–water partition coefficient (Wildman–Crippen LogP) is 1.96. The Bertz CT molecular complexity index is 510. The smallest absolute Gasteiger partial charge is 0.213 e. The molecule has 0 spiro atoms. The molecule has 2 N–H and O–H groups in total. The fourth-order valence-corrected chi connectivity index (χ4v) is 2.37. The lowest BCUT2D eigenvalue weighted by Gasteiger charge is -2.13. The maximum absolute atomic E-state index is 5.74. The van der Waals surface area contributed by atoms with Crippen molar-refractivity contribution < 1.29 is 14.2 Å². The number of nitrogens with one attached hydrogen (secondary N) is 2. The second kappa shape index (κ2) is 13.1. The number of pyridine rings is 1. The molecule has 0 bridgehead atoms. The summed E-state index contributed by atoms with van der Waals surface area (Å²) in [5.74, 6) is 1.42. The van der Waals surface area contributed by atoms with Gasteiger partial charge < -0.3 is 24.8 Å². The van der Waals surface area contributed by atoms with Crippen molar-refractivity contribution >= 4 is 29.9 Å². The highest BCUT2D eigenvalue weighted by Gasteiger charge is 2.15. The van der Waals surface area contributed by atoms with E-state index >= 15 is 0 Å². The van der Waals surface area contributed by atoms with Crippen molar-refractivity contribution in [1.82, 2.24) is 15.6 Å². The lowest BCUT2D eigenvalue weighted by molar-refractivity contribution is 0.0420. The first-order valence-corrected chi connectivity index (χ1v) is 8.53. The first kappa shape index (κ1) is 21.9. The third kappa shape index (κ3) is 8.68. The normalized spacial score (nSPS) is 17.0. The van der Waals surface area contributed by atoms with Gasteiger partial charge in [-0.1, -0.05) is 0 Å². The molecule has 2 rings (SSSR count). The third-order valence-corrected chi connectivity index (χ3v) is 3.63. The number of hydrogen-bond acceptors (Lipinski definition) is 5. The van der Waals surface area contributed by atoms with Crippen molar-refractivity contribution in [3.63, 3.8) is 0 Å². The van der Waals surface area contributed by atoms with Crippen molar-refractivity contribution in [2.75, 3.05) is 40.0 Å². The van der Waals surface area contributed by atoms with Gasteiger partial charge in [-0.25, -0.2) is 4.98 Å². The Morgan fingerprint density at radius 1 is 1.44 bits per heavy atom. The van der Waals surface area contributed by atoms with Gasteiger partial charge in [-0.2, -0.15) is 0 Å². The summed E-state index contributed by atoms with van der Waals surface area (Å²) in [6.07, 6.45) is 3.96. The number of guanidine groups is 1. The molecule has 1 aromatic rings. The first-order chi connectivity index (χ1) is 11.8. The number of aliphatic imine (C=N–C) groups is 1. The van der Waals surface area contributed by atoms with Gasteiger partial charge in [-0.3, -0.25) is 4.99 Å². The molecule has 1 atom stereocenters. The van der Waals surface area contributed by atoms with Gasteiger partial charge in [-0.15, -0.1) is 24.0 Å². The summed E-state index contributed by atoms with van der Waals surface area (Å²) < 4.78 is 16.4. The largest absolute Gasteiger partial charge is 0.478 e. The number of halogens is 1. The fourth-order valence-electron chi connectivity index (χ4n) is 2.37. The van der Waals surface area contributed by atoms with Gasteiger partial charge in [-0.05, 0) is 31.4 Å². The van der Waals surface area contributed by atoms with Crippen LogP contribution in [0.4, 0.5) is 0 Å². The van der Waals surface area contributed by atoms with Crippen molar-refractivity contribution in [3.8, 4) is 5.88 Å². The van der Waals surface area contributed by atoms with Gasteiger partial charge in [0.05, 0.1) is 19.3 Å². The van der Waals surface area contributed by atoms with Crippen LogP contribution in [0, 0.1) is 0 Å². The maximum atomic E-state index is 5.74. The summed E-state index contributed by atoms with van der Waals surface area (Å²) >= 11 is 0. The van der Waals surface area contributed by atoms with E-state index < -0.39 is 0 Å². The maximum Gasteiger partial charge on any atom is 0.213 e. The first-order valence-electron chi connectivity index (χ1n) is 8.53. The van der Waals surface area contributed by atoms with Crippen LogP contribution in [0.2, 0.25) is 0 Å². The summed E-state index contributed by atoms with van der Waals surface area (Å²) in [6, 6.07) is 3.89. The van der Waals surface area contributed by atoms with E-state index in [0.29, 0.717) is 19.0 Å². The standard InChI is InChI=1S/C17H28N4O3.HI/c1-3-23-16-11-14(5-8-19-16)12-21-17(18-2)20-7-4-9-24-15-6-10-22-13-15;/h5,8,11,15H,3-4,6-7,9-10,12-13H2,1-2H3,(H2,18,20,21);1H. The molecular formula is C17H29IN4O3. The molecule has 1 aliphatic heterocycles. The van der Waals surface area contributed by atoms with E-state index in [1.54, 1.807) is 13.2 Å². The topological polar surface area (TPSA) is 77.0 Å². The second-order valence-corrected chi connectivity index (χ2v) is 5.50. The molecule has 1 fully saturated rings. The summed E-state index contributed by atoms with van der Waals surface area (Å²) in [5.41, 5.74) is 1.10. The highest BCUT2D eigenvalue weighted by Crippen LogP contribution is 2.09. The quantitative estimate of drug-likeness (QED) is 0.252. The van der Waals surface area contributed by atoms with Crippen molar-refractivity contribution in [1.29, 1.82) is 0 Å². The van der Waals surface area contributed by atoms with Crippen LogP contribution < -0.4 is 15.4 Å². The molecule has 8 heteroatoms. The van der Waals surface area contributed by atoms with Crippen LogP contribution in [0.1, 0.15) is 25.3 Å². The molecule has 1 aromatic heterocycles. The van der Waals surface area contributed by atoms with E-state index in [0.717, 1.165) is 50.7 Å².